The molecular formula is C15H17NOS2. The van der Waals surface area contributed by atoms with E-state index in [2.05, 4.69) is 29.3 Å². The summed E-state index contributed by atoms with van der Waals surface area (Å²) < 4.78 is 0. The molecule has 2 aromatic heterocycles. The van der Waals surface area contributed by atoms with Gasteiger partial charge in [-0.25, -0.2) is 0 Å². The minimum absolute atomic E-state index is 0.206. The maximum Gasteiger partial charge on any atom is 0.255 e. The number of hydrogen-bond acceptors (Lipinski definition) is 3. The number of nitrogens with zero attached hydrogens (tertiary/aromatic N) is 1. The smallest absolute Gasteiger partial charge is 0.255 e. The van der Waals surface area contributed by atoms with E-state index in [0.717, 1.165) is 29.8 Å². The number of aryl methyl sites for hydroxylation is 2. The Hall–Kier alpha value is -1.13. The summed E-state index contributed by atoms with van der Waals surface area (Å²) in [6.07, 6.45) is 2.30. The predicted octanol–water partition coefficient (Wildman–Crippen LogP) is 4.23. The number of amides is 1. The maximum atomic E-state index is 12.7. The number of carbonyl (C=O) groups is 1. The minimum Gasteiger partial charge on any atom is -0.330 e. The van der Waals surface area contributed by atoms with Crippen LogP contribution in [-0.4, -0.2) is 16.8 Å². The molecular weight excluding hydrogens is 274 g/mol. The Morgan fingerprint density at radius 2 is 2.21 bits per heavy atom. The molecule has 0 unspecified atom stereocenters. The highest BCUT2D eigenvalue weighted by Gasteiger charge is 2.34. The molecule has 1 amide bonds. The van der Waals surface area contributed by atoms with Crippen molar-refractivity contribution in [3.63, 3.8) is 0 Å². The van der Waals surface area contributed by atoms with Gasteiger partial charge in [-0.1, -0.05) is 6.07 Å². The van der Waals surface area contributed by atoms with Gasteiger partial charge in [-0.15, -0.1) is 22.7 Å². The first-order chi connectivity index (χ1) is 9.15. The van der Waals surface area contributed by atoms with Gasteiger partial charge in [-0.2, -0.15) is 0 Å². The van der Waals surface area contributed by atoms with Crippen LogP contribution < -0.4 is 0 Å². The fourth-order valence-electron chi connectivity index (χ4n) is 2.32. The molecule has 1 aliphatic carbocycles. The molecule has 100 valence electrons. The zero-order chi connectivity index (χ0) is 13.4. The van der Waals surface area contributed by atoms with Crippen molar-refractivity contribution in [1.29, 1.82) is 0 Å². The quantitative estimate of drug-likeness (QED) is 0.825. The van der Waals surface area contributed by atoms with E-state index in [1.807, 2.05) is 13.0 Å². The van der Waals surface area contributed by atoms with Crippen LogP contribution >= 0.6 is 22.7 Å². The Morgan fingerprint density at radius 1 is 1.42 bits per heavy atom. The van der Waals surface area contributed by atoms with Gasteiger partial charge in [0.2, 0.25) is 0 Å². The minimum atomic E-state index is 0.206. The Bertz CT molecular complexity index is 581. The van der Waals surface area contributed by atoms with Gasteiger partial charge >= 0.3 is 0 Å². The molecule has 0 aromatic carbocycles. The normalized spacial score (nSPS) is 14.6. The van der Waals surface area contributed by atoms with Crippen molar-refractivity contribution in [1.82, 2.24) is 4.90 Å². The Kier molecular flexibility index (Phi) is 3.46. The predicted molar refractivity (Wildman–Crippen MR) is 81.0 cm³/mol. The maximum absolute atomic E-state index is 12.7. The summed E-state index contributed by atoms with van der Waals surface area (Å²) in [5, 5.41) is 2.07. The molecule has 0 N–H and O–H groups in total. The van der Waals surface area contributed by atoms with Gasteiger partial charge in [-0.05, 0) is 44.2 Å². The summed E-state index contributed by atoms with van der Waals surface area (Å²) in [5.41, 5.74) is 0.894. The van der Waals surface area contributed by atoms with Gasteiger partial charge in [0.15, 0.2) is 0 Å². The topological polar surface area (TPSA) is 20.3 Å². The largest absolute Gasteiger partial charge is 0.330 e. The van der Waals surface area contributed by atoms with Crippen LogP contribution in [0.4, 0.5) is 0 Å². The molecule has 0 spiro atoms. The van der Waals surface area contributed by atoms with Crippen LogP contribution in [0.1, 0.15) is 37.8 Å². The second-order valence-corrected chi connectivity index (χ2v) is 7.56. The first-order valence-corrected chi connectivity index (χ1v) is 8.25. The number of hydrogen-bond donors (Lipinski definition) is 0. The SMILES string of the molecule is Cc1cc(C(=O)N(Cc2cccs2)C2CC2)c(C)s1. The molecule has 0 saturated heterocycles. The molecule has 1 aliphatic rings. The molecule has 0 atom stereocenters. The van der Waals surface area contributed by atoms with E-state index >= 15 is 0 Å². The van der Waals surface area contributed by atoms with E-state index in [-0.39, 0.29) is 5.91 Å². The van der Waals surface area contributed by atoms with Crippen molar-refractivity contribution >= 4 is 28.6 Å². The summed E-state index contributed by atoms with van der Waals surface area (Å²) in [4.78, 5) is 18.4. The van der Waals surface area contributed by atoms with E-state index in [1.54, 1.807) is 22.7 Å². The lowest BCUT2D eigenvalue weighted by molar-refractivity contribution is 0.0731. The van der Waals surface area contributed by atoms with Crippen LogP contribution in [0.5, 0.6) is 0 Å². The third-order valence-corrected chi connectivity index (χ3v) is 5.25. The van der Waals surface area contributed by atoms with Crippen LogP contribution in [0.2, 0.25) is 0 Å². The molecule has 4 heteroatoms. The average molecular weight is 291 g/mol. The van der Waals surface area contributed by atoms with Gasteiger partial charge in [0, 0.05) is 20.7 Å². The highest BCUT2D eigenvalue weighted by Crippen LogP contribution is 2.32. The fraction of sp³-hybridized carbons (Fsp3) is 0.400. The molecule has 0 bridgehead atoms. The molecule has 2 nitrogen and oxygen atoms in total. The molecule has 19 heavy (non-hydrogen) atoms. The van der Waals surface area contributed by atoms with Gasteiger partial charge in [0.25, 0.3) is 5.91 Å². The lowest BCUT2D eigenvalue weighted by Gasteiger charge is -2.21. The summed E-state index contributed by atoms with van der Waals surface area (Å²) in [5.74, 6) is 0.206. The van der Waals surface area contributed by atoms with Crippen molar-refractivity contribution in [2.75, 3.05) is 0 Å². The zero-order valence-corrected chi connectivity index (χ0v) is 12.8. The third-order valence-electron chi connectivity index (χ3n) is 3.43. The summed E-state index contributed by atoms with van der Waals surface area (Å²) >= 11 is 3.44. The van der Waals surface area contributed by atoms with Gasteiger partial charge in [0.1, 0.15) is 0 Å². The lowest BCUT2D eigenvalue weighted by atomic mass is 10.2. The summed E-state index contributed by atoms with van der Waals surface area (Å²) in [6.45, 7) is 4.87. The molecule has 1 fully saturated rings. The van der Waals surface area contributed by atoms with Gasteiger partial charge in [-0.3, -0.25) is 4.79 Å². The van der Waals surface area contributed by atoms with Crippen LogP contribution in [0.25, 0.3) is 0 Å². The van der Waals surface area contributed by atoms with E-state index in [4.69, 9.17) is 0 Å². The first kappa shape index (κ1) is 12.9. The van der Waals surface area contributed by atoms with E-state index < -0.39 is 0 Å². The van der Waals surface area contributed by atoms with Crippen molar-refractivity contribution in [2.45, 2.75) is 39.3 Å². The van der Waals surface area contributed by atoms with Crippen molar-refractivity contribution < 1.29 is 4.79 Å². The number of rotatable bonds is 4. The molecule has 3 rings (SSSR count). The standard InChI is InChI=1S/C15H17NOS2/c1-10-8-14(11(2)19-10)15(17)16(12-5-6-12)9-13-4-3-7-18-13/h3-4,7-8,12H,5-6,9H2,1-2H3. The average Bonchev–Trinajstić information content (AvgIpc) is 2.97. The van der Waals surface area contributed by atoms with E-state index in [9.17, 15) is 4.79 Å². The Labute approximate surface area is 121 Å². The first-order valence-electron chi connectivity index (χ1n) is 6.55. The number of thiophene rings is 2. The van der Waals surface area contributed by atoms with Crippen LogP contribution in [0.3, 0.4) is 0 Å². The second-order valence-electron chi connectivity index (χ2n) is 5.07. The monoisotopic (exact) mass is 291 g/mol. The summed E-state index contributed by atoms with van der Waals surface area (Å²) in [6, 6.07) is 6.65. The molecule has 0 aliphatic heterocycles. The molecule has 0 radical (unpaired) electrons. The molecule has 2 heterocycles. The highest BCUT2D eigenvalue weighted by molar-refractivity contribution is 7.12. The van der Waals surface area contributed by atoms with E-state index in [0.29, 0.717) is 6.04 Å². The number of carbonyl (C=O) groups excluding carboxylic acids is 1. The fourth-order valence-corrected chi connectivity index (χ4v) is 3.94. The third kappa shape index (κ3) is 2.74. The highest BCUT2D eigenvalue weighted by atomic mass is 32.1. The van der Waals surface area contributed by atoms with Crippen molar-refractivity contribution in [2.24, 2.45) is 0 Å². The van der Waals surface area contributed by atoms with Gasteiger partial charge < -0.3 is 4.90 Å². The van der Waals surface area contributed by atoms with Crippen LogP contribution in [0.15, 0.2) is 23.6 Å². The van der Waals surface area contributed by atoms with Crippen LogP contribution in [-0.2, 0) is 6.54 Å². The molecule has 2 aromatic rings. The zero-order valence-electron chi connectivity index (χ0n) is 11.2. The Morgan fingerprint density at radius 3 is 2.74 bits per heavy atom. The molecule has 1 saturated carbocycles. The lowest BCUT2D eigenvalue weighted by Crippen LogP contribution is -2.32. The van der Waals surface area contributed by atoms with Crippen molar-refractivity contribution in [3.8, 4) is 0 Å². The summed E-state index contributed by atoms with van der Waals surface area (Å²) in [7, 11) is 0. The van der Waals surface area contributed by atoms with Crippen LogP contribution in [0, 0.1) is 13.8 Å². The van der Waals surface area contributed by atoms with Crippen molar-refractivity contribution in [3.05, 3.63) is 43.8 Å². The van der Waals surface area contributed by atoms with Gasteiger partial charge in [0.05, 0.1) is 12.1 Å². The second kappa shape index (κ2) is 5.10. The van der Waals surface area contributed by atoms with E-state index in [1.165, 1.54) is 9.75 Å². The Balaban J connectivity index is 1.84.